The Morgan fingerprint density at radius 3 is 2.52 bits per heavy atom. The van der Waals surface area contributed by atoms with E-state index in [1.54, 1.807) is 6.92 Å². The van der Waals surface area contributed by atoms with Crippen molar-refractivity contribution < 1.29 is 12.8 Å². The quantitative estimate of drug-likeness (QED) is 0.845. The first-order chi connectivity index (χ1) is 11.9. The lowest BCUT2D eigenvalue weighted by atomic mass is 9.97. The van der Waals surface area contributed by atoms with Gasteiger partial charge in [-0.05, 0) is 48.2 Å². The van der Waals surface area contributed by atoms with Crippen LogP contribution in [0, 0.1) is 12.7 Å². The van der Waals surface area contributed by atoms with Crippen molar-refractivity contribution in [3.8, 4) is 0 Å². The maximum Gasteiger partial charge on any atom is 0.243 e. The summed E-state index contributed by atoms with van der Waals surface area (Å²) in [4.78, 5) is 2.57. The third kappa shape index (κ3) is 2.99. The maximum absolute atomic E-state index is 13.2. The lowest BCUT2D eigenvalue weighted by Crippen LogP contribution is -2.61. The predicted molar refractivity (Wildman–Crippen MR) is 94.2 cm³/mol. The average Bonchev–Trinajstić information content (AvgIpc) is 2.52. The fourth-order valence-electron chi connectivity index (χ4n) is 3.71. The van der Waals surface area contributed by atoms with Gasteiger partial charge in [-0.2, -0.15) is 4.31 Å². The molecule has 1 fully saturated rings. The van der Waals surface area contributed by atoms with E-state index in [0.717, 1.165) is 19.5 Å². The molecule has 4 rings (SSSR count). The lowest BCUT2D eigenvalue weighted by Gasteiger charge is -2.46. The summed E-state index contributed by atoms with van der Waals surface area (Å²) in [5, 5.41) is 0. The Morgan fingerprint density at radius 2 is 1.80 bits per heavy atom. The van der Waals surface area contributed by atoms with Crippen LogP contribution in [-0.4, -0.2) is 43.3 Å². The molecule has 2 aromatic carbocycles. The van der Waals surface area contributed by atoms with E-state index in [0.29, 0.717) is 18.7 Å². The molecular weight excluding hydrogens is 339 g/mol. The SMILES string of the molecule is Cc1cc(F)ccc1S(=O)(=O)N1CC(N2CCc3ccccc3C2)C1. The summed E-state index contributed by atoms with van der Waals surface area (Å²) >= 11 is 0. The van der Waals surface area contributed by atoms with Gasteiger partial charge in [0.25, 0.3) is 0 Å². The van der Waals surface area contributed by atoms with Crippen molar-refractivity contribution in [2.45, 2.75) is 30.8 Å². The number of nitrogens with zero attached hydrogens (tertiary/aromatic N) is 2. The van der Waals surface area contributed by atoms with Crippen molar-refractivity contribution in [2.24, 2.45) is 0 Å². The van der Waals surface area contributed by atoms with Crippen LogP contribution in [0.1, 0.15) is 16.7 Å². The first kappa shape index (κ1) is 16.7. The highest BCUT2D eigenvalue weighted by Gasteiger charge is 2.40. The fraction of sp³-hybridized carbons (Fsp3) is 0.368. The van der Waals surface area contributed by atoms with Crippen LogP contribution in [0.25, 0.3) is 0 Å². The molecule has 0 radical (unpaired) electrons. The van der Waals surface area contributed by atoms with Gasteiger partial charge in [0, 0.05) is 32.2 Å². The maximum atomic E-state index is 13.2. The van der Waals surface area contributed by atoms with Crippen LogP contribution < -0.4 is 0 Å². The van der Waals surface area contributed by atoms with Crippen molar-refractivity contribution >= 4 is 10.0 Å². The summed E-state index contributed by atoms with van der Waals surface area (Å²) in [6.45, 7) is 4.48. The van der Waals surface area contributed by atoms with Gasteiger partial charge in [0.1, 0.15) is 5.82 Å². The van der Waals surface area contributed by atoms with Crippen LogP contribution in [0.2, 0.25) is 0 Å². The van der Waals surface area contributed by atoms with Crippen molar-refractivity contribution in [2.75, 3.05) is 19.6 Å². The van der Waals surface area contributed by atoms with Gasteiger partial charge < -0.3 is 0 Å². The highest BCUT2D eigenvalue weighted by Crippen LogP contribution is 2.29. The minimum absolute atomic E-state index is 0.205. The molecule has 2 aliphatic heterocycles. The zero-order valence-electron chi connectivity index (χ0n) is 14.2. The zero-order valence-corrected chi connectivity index (χ0v) is 15.0. The van der Waals surface area contributed by atoms with E-state index >= 15 is 0 Å². The molecule has 4 nitrogen and oxygen atoms in total. The van der Waals surface area contributed by atoms with E-state index in [1.807, 2.05) is 0 Å². The summed E-state index contributed by atoms with van der Waals surface area (Å²) in [5.74, 6) is -0.412. The highest BCUT2D eigenvalue weighted by molar-refractivity contribution is 7.89. The first-order valence-electron chi connectivity index (χ1n) is 8.52. The van der Waals surface area contributed by atoms with Gasteiger partial charge in [-0.15, -0.1) is 0 Å². The number of sulfonamides is 1. The van der Waals surface area contributed by atoms with Gasteiger partial charge in [0.2, 0.25) is 10.0 Å². The van der Waals surface area contributed by atoms with Crippen molar-refractivity contribution in [1.29, 1.82) is 0 Å². The van der Waals surface area contributed by atoms with Gasteiger partial charge >= 0.3 is 0 Å². The Balaban J connectivity index is 1.45. The molecule has 0 N–H and O–H groups in total. The second-order valence-electron chi connectivity index (χ2n) is 6.87. The number of fused-ring (bicyclic) bond motifs is 1. The minimum Gasteiger partial charge on any atom is -0.293 e. The molecule has 6 heteroatoms. The monoisotopic (exact) mass is 360 g/mol. The van der Waals surface area contributed by atoms with Crippen LogP contribution in [0.5, 0.6) is 0 Å². The summed E-state index contributed by atoms with van der Waals surface area (Å²) in [5.41, 5.74) is 3.18. The van der Waals surface area contributed by atoms with Crippen molar-refractivity contribution in [1.82, 2.24) is 9.21 Å². The van der Waals surface area contributed by atoms with Gasteiger partial charge in [-0.25, -0.2) is 12.8 Å². The molecule has 0 atom stereocenters. The van der Waals surface area contributed by atoms with Gasteiger partial charge in [-0.3, -0.25) is 4.90 Å². The second kappa shape index (κ2) is 6.20. The van der Waals surface area contributed by atoms with E-state index < -0.39 is 15.8 Å². The Kier molecular flexibility index (Phi) is 4.14. The molecule has 0 saturated carbocycles. The summed E-state index contributed by atoms with van der Waals surface area (Å²) in [6.07, 6.45) is 1.01. The Bertz CT molecular complexity index is 907. The lowest BCUT2D eigenvalue weighted by molar-refractivity contribution is 0.0768. The molecule has 2 aromatic rings. The van der Waals surface area contributed by atoms with Gasteiger partial charge in [0.15, 0.2) is 0 Å². The van der Waals surface area contributed by atoms with E-state index in [9.17, 15) is 12.8 Å². The predicted octanol–water partition coefficient (Wildman–Crippen LogP) is 2.57. The summed E-state index contributed by atoms with van der Waals surface area (Å²) in [7, 11) is -3.54. The molecule has 1 saturated heterocycles. The van der Waals surface area contributed by atoms with Crippen LogP contribution in [0.3, 0.4) is 0 Å². The molecule has 0 unspecified atom stereocenters. The molecule has 2 aliphatic rings. The minimum atomic E-state index is -3.54. The average molecular weight is 360 g/mol. The number of hydrogen-bond acceptors (Lipinski definition) is 3. The van der Waals surface area contributed by atoms with Crippen molar-refractivity contribution in [3.63, 3.8) is 0 Å². The van der Waals surface area contributed by atoms with Crippen LogP contribution in [-0.2, 0) is 23.0 Å². The van der Waals surface area contributed by atoms with Gasteiger partial charge in [0.05, 0.1) is 4.90 Å². The number of aryl methyl sites for hydroxylation is 1. The van der Waals surface area contributed by atoms with Crippen LogP contribution in [0.4, 0.5) is 4.39 Å². The van der Waals surface area contributed by atoms with E-state index in [1.165, 1.54) is 33.6 Å². The molecule has 0 spiro atoms. The fourth-order valence-corrected chi connectivity index (χ4v) is 5.44. The standard InChI is InChI=1S/C19H21FN2O2S/c1-14-10-17(20)6-7-19(14)25(23,24)22-12-18(13-22)21-9-8-15-4-2-3-5-16(15)11-21/h2-7,10,18H,8-9,11-13H2,1H3. The molecule has 132 valence electrons. The second-order valence-corrected chi connectivity index (χ2v) is 8.78. The van der Waals surface area contributed by atoms with Crippen LogP contribution in [0.15, 0.2) is 47.4 Å². The number of halogens is 1. The summed E-state index contributed by atoms with van der Waals surface area (Å²) in [6, 6.07) is 12.5. The Labute approximate surface area is 147 Å². The number of rotatable bonds is 3. The van der Waals surface area contributed by atoms with E-state index in [4.69, 9.17) is 0 Å². The van der Waals surface area contributed by atoms with Crippen LogP contribution >= 0.6 is 0 Å². The highest BCUT2D eigenvalue weighted by atomic mass is 32.2. The molecule has 0 aliphatic carbocycles. The van der Waals surface area contributed by atoms with E-state index in [2.05, 4.69) is 29.2 Å². The molecule has 2 heterocycles. The molecule has 0 bridgehead atoms. The molecular formula is C19H21FN2O2S. The zero-order chi connectivity index (χ0) is 17.6. The molecule has 0 aromatic heterocycles. The molecule has 25 heavy (non-hydrogen) atoms. The summed E-state index contributed by atoms with van der Waals surface area (Å²) < 4.78 is 40.3. The Hall–Kier alpha value is -1.76. The number of benzene rings is 2. The normalized spacial score (nSPS) is 19.4. The Morgan fingerprint density at radius 1 is 1.08 bits per heavy atom. The first-order valence-corrected chi connectivity index (χ1v) is 9.96. The van der Waals surface area contributed by atoms with Crippen molar-refractivity contribution in [3.05, 3.63) is 65.0 Å². The third-order valence-corrected chi connectivity index (χ3v) is 7.25. The topological polar surface area (TPSA) is 40.6 Å². The largest absolute Gasteiger partial charge is 0.293 e. The third-order valence-electron chi connectivity index (χ3n) is 5.26. The molecule has 0 amide bonds. The van der Waals surface area contributed by atoms with Gasteiger partial charge in [-0.1, -0.05) is 24.3 Å². The van der Waals surface area contributed by atoms with E-state index in [-0.39, 0.29) is 10.9 Å². The number of hydrogen-bond donors (Lipinski definition) is 0. The smallest absolute Gasteiger partial charge is 0.243 e.